The topological polar surface area (TPSA) is 56.1 Å². The summed E-state index contributed by atoms with van der Waals surface area (Å²) in [6, 6.07) is 2.43. The van der Waals surface area contributed by atoms with Gasteiger partial charge in [0.05, 0.1) is 11.5 Å². The molecule has 1 fully saturated rings. The van der Waals surface area contributed by atoms with Crippen molar-refractivity contribution < 1.29 is 0 Å². The lowest BCUT2D eigenvalue weighted by atomic mass is 9.82. The van der Waals surface area contributed by atoms with E-state index in [4.69, 9.17) is 5.26 Å². The minimum Gasteiger partial charge on any atom is -0.347 e. The highest BCUT2D eigenvalue weighted by molar-refractivity contribution is 5.26. The van der Waals surface area contributed by atoms with Crippen LogP contribution in [0.1, 0.15) is 25.3 Å². The smallest absolute Gasteiger partial charge is 0.224 e. The van der Waals surface area contributed by atoms with Crippen molar-refractivity contribution in [3.8, 4) is 6.07 Å². The van der Waals surface area contributed by atoms with Crippen molar-refractivity contribution in [2.45, 2.75) is 26.3 Å². The highest BCUT2D eigenvalue weighted by atomic mass is 15.2. The Kier molecular flexibility index (Phi) is 4.01. The molecule has 5 heteroatoms. The molecule has 1 aliphatic heterocycles. The van der Waals surface area contributed by atoms with Crippen molar-refractivity contribution in [1.29, 1.82) is 5.26 Å². The van der Waals surface area contributed by atoms with E-state index in [0.29, 0.717) is 0 Å². The van der Waals surface area contributed by atoms with Crippen LogP contribution in [-0.4, -0.2) is 42.1 Å². The Morgan fingerprint density at radius 2 is 1.89 bits per heavy atom. The zero-order valence-corrected chi connectivity index (χ0v) is 11.9. The molecule has 2 heterocycles. The standard InChI is InChI=1S/C14H21N5/c1-14(11-15)4-6-19(7-5-14)10-12-8-16-13(17-9-12)18(2)3/h8-9H,4-7,10H2,1-3H3. The van der Waals surface area contributed by atoms with Gasteiger partial charge in [-0.05, 0) is 32.9 Å². The minimum atomic E-state index is -0.137. The lowest BCUT2D eigenvalue weighted by Crippen LogP contribution is -2.37. The van der Waals surface area contributed by atoms with E-state index in [0.717, 1.165) is 44.0 Å². The molecule has 0 unspecified atom stereocenters. The molecule has 1 saturated heterocycles. The molecule has 0 spiro atoms. The van der Waals surface area contributed by atoms with E-state index in [9.17, 15) is 0 Å². The summed E-state index contributed by atoms with van der Waals surface area (Å²) in [6.45, 7) is 4.87. The van der Waals surface area contributed by atoms with E-state index in [-0.39, 0.29) is 5.41 Å². The van der Waals surface area contributed by atoms with Crippen LogP contribution in [0.2, 0.25) is 0 Å². The minimum absolute atomic E-state index is 0.137. The van der Waals surface area contributed by atoms with Crippen LogP contribution in [0.5, 0.6) is 0 Å². The first-order valence-electron chi connectivity index (χ1n) is 6.64. The van der Waals surface area contributed by atoms with Gasteiger partial charge in [0, 0.05) is 38.6 Å². The molecule has 19 heavy (non-hydrogen) atoms. The molecule has 0 aromatic carbocycles. The van der Waals surface area contributed by atoms with E-state index < -0.39 is 0 Å². The third kappa shape index (κ3) is 3.42. The van der Waals surface area contributed by atoms with Gasteiger partial charge in [-0.25, -0.2) is 9.97 Å². The summed E-state index contributed by atoms with van der Waals surface area (Å²) in [5.41, 5.74) is 0.994. The zero-order valence-electron chi connectivity index (χ0n) is 11.9. The predicted octanol–water partition coefficient (Wildman–Crippen LogP) is 1.67. The number of aromatic nitrogens is 2. The van der Waals surface area contributed by atoms with Gasteiger partial charge in [-0.15, -0.1) is 0 Å². The van der Waals surface area contributed by atoms with Crippen LogP contribution in [-0.2, 0) is 6.54 Å². The molecule has 1 aliphatic rings. The van der Waals surface area contributed by atoms with Gasteiger partial charge in [-0.3, -0.25) is 4.90 Å². The molecule has 0 saturated carbocycles. The van der Waals surface area contributed by atoms with Crippen molar-refractivity contribution in [3.05, 3.63) is 18.0 Å². The van der Waals surface area contributed by atoms with Crippen molar-refractivity contribution in [2.75, 3.05) is 32.1 Å². The fourth-order valence-corrected chi connectivity index (χ4v) is 2.24. The van der Waals surface area contributed by atoms with Gasteiger partial charge in [0.2, 0.25) is 5.95 Å². The monoisotopic (exact) mass is 259 g/mol. The molecule has 0 bridgehead atoms. The molecule has 0 radical (unpaired) electrons. The quantitative estimate of drug-likeness (QED) is 0.826. The van der Waals surface area contributed by atoms with Gasteiger partial charge in [-0.2, -0.15) is 5.26 Å². The first kappa shape index (κ1) is 13.8. The summed E-state index contributed by atoms with van der Waals surface area (Å²) in [7, 11) is 3.87. The Morgan fingerprint density at radius 1 is 1.32 bits per heavy atom. The Labute approximate surface area is 114 Å². The zero-order chi connectivity index (χ0) is 13.9. The molecule has 1 aromatic rings. The summed E-state index contributed by atoms with van der Waals surface area (Å²) in [5.74, 6) is 0.736. The van der Waals surface area contributed by atoms with Crippen LogP contribution in [0.3, 0.4) is 0 Å². The molecule has 0 amide bonds. The summed E-state index contributed by atoms with van der Waals surface area (Å²) in [5, 5.41) is 9.12. The number of hydrogen-bond donors (Lipinski definition) is 0. The van der Waals surface area contributed by atoms with Crippen LogP contribution in [0.4, 0.5) is 5.95 Å². The summed E-state index contributed by atoms with van der Waals surface area (Å²) in [6.07, 6.45) is 5.67. The Morgan fingerprint density at radius 3 is 2.37 bits per heavy atom. The van der Waals surface area contributed by atoms with Gasteiger partial charge >= 0.3 is 0 Å². The number of nitrogens with zero attached hydrogens (tertiary/aromatic N) is 5. The highest BCUT2D eigenvalue weighted by Crippen LogP contribution is 2.30. The van der Waals surface area contributed by atoms with Gasteiger partial charge in [-0.1, -0.05) is 0 Å². The number of nitriles is 1. The fraction of sp³-hybridized carbons (Fsp3) is 0.643. The molecule has 2 rings (SSSR count). The molecule has 0 aliphatic carbocycles. The second-order valence-electron chi connectivity index (χ2n) is 5.73. The van der Waals surface area contributed by atoms with Crippen LogP contribution in [0.15, 0.2) is 12.4 Å². The van der Waals surface area contributed by atoms with Gasteiger partial charge in [0.15, 0.2) is 0 Å². The third-order valence-electron chi connectivity index (χ3n) is 3.73. The normalized spacial score (nSPS) is 18.8. The fourth-order valence-electron chi connectivity index (χ4n) is 2.24. The highest BCUT2D eigenvalue weighted by Gasteiger charge is 2.29. The van der Waals surface area contributed by atoms with Crippen LogP contribution in [0, 0.1) is 16.7 Å². The van der Waals surface area contributed by atoms with Crippen LogP contribution in [0.25, 0.3) is 0 Å². The maximum atomic E-state index is 9.12. The van der Waals surface area contributed by atoms with Crippen molar-refractivity contribution in [1.82, 2.24) is 14.9 Å². The molecule has 1 aromatic heterocycles. The lowest BCUT2D eigenvalue weighted by molar-refractivity contribution is 0.150. The average Bonchev–Trinajstić information content (AvgIpc) is 2.42. The number of hydrogen-bond acceptors (Lipinski definition) is 5. The van der Waals surface area contributed by atoms with Gasteiger partial charge < -0.3 is 4.90 Å². The second-order valence-corrected chi connectivity index (χ2v) is 5.73. The molecule has 5 nitrogen and oxygen atoms in total. The number of piperidine rings is 1. The van der Waals surface area contributed by atoms with E-state index in [2.05, 4.69) is 27.9 Å². The van der Waals surface area contributed by atoms with Crippen molar-refractivity contribution >= 4 is 5.95 Å². The molecular formula is C14H21N5. The van der Waals surface area contributed by atoms with E-state index in [1.165, 1.54) is 0 Å². The van der Waals surface area contributed by atoms with E-state index in [1.807, 2.05) is 31.4 Å². The Hall–Kier alpha value is -1.67. The molecule has 0 N–H and O–H groups in total. The summed E-state index contributed by atoms with van der Waals surface area (Å²) >= 11 is 0. The van der Waals surface area contributed by atoms with Crippen molar-refractivity contribution in [3.63, 3.8) is 0 Å². The summed E-state index contributed by atoms with van der Waals surface area (Å²) < 4.78 is 0. The van der Waals surface area contributed by atoms with E-state index >= 15 is 0 Å². The van der Waals surface area contributed by atoms with Crippen LogP contribution >= 0.6 is 0 Å². The average molecular weight is 259 g/mol. The number of rotatable bonds is 3. The number of likely N-dealkylation sites (tertiary alicyclic amines) is 1. The first-order chi connectivity index (χ1) is 9.02. The van der Waals surface area contributed by atoms with Gasteiger partial charge in [0.1, 0.15) is 0 Å². The maximum absolute atomic E-state index is 9.12. The molecule has 0 atom stereocenters. The SMILES string of the molecule is CN(C)c1ncc(CN2CCC(C)(C#N)CC2)cn1. The molecule has 102 valence electrons. The van der Waals surface area contributed by atoms with Crippen molar-refractivity contribution in [2.24, 2.45) is 5.41 Å². The second kappa shape index (κ2) is 5.54. The van der Waals surface area contributed by atoms with Crippen LogP contribution < -0.4 is 4.90 Å². The first-order valence-corrected chi connectivity index (χ1v) is 6.64. The Balaban J connectivity index is 1.91. The summed E-state index contributed by atoms with van der Waals surface area (Å²) in [4.78, 5) is 12.9. The molecular weight excluding hydrogens is 238 g/mol. The maximum Gasteiger partial charge on any atom is 0.224 e. The van der Waals surface area contributed by atoms with Gasteiger partial charge in [0.25, 0.3) is 0 Å². The Bertz CT molecular complexity index is 452. The largest absolute Gasteiger partial charge is 0.347 e. The predicted molar refractivity (Wildman–Crippen MR) is 74.6 cm³/mol. The lowest BCUT2D eigenvalue weighted by Gasteiger charge is -2.34. The van der Waals surface area contributed by atoms with E-state index in [1.54, 1.807) is 0 Å². The third-order valence-corrected chi connectivity index (χ3v) is 3.73. The number of anilines is 1.